The van der Waals surface area contributed by atoms with Crippen molar-refractivity contribution < 1.29 is 9.59 Å². The van der Waals surface area contributed by atoms with Crippen molar-refractivity contribution in [2.75, 3.05) is 5.32 Å². The number of nitriles is 1. The number of carbonyl (C=O) groups excluding carboxylic acids is 2. The fourth-order valence-electron chi connectivity index (χ4n) is 2.25. The minimum Gasteiger partial charge on any atom is -0.352 e. The highest BCUT2D eigenvalue weighted by molar-refractivity contribution is 9.10. The van der Waals surface area contributed by atoms with Crippen LogP contribution in [0.25, 0.3) is 0 Å². The molecule has 6 heteroatoms. The number of aryl methyl sites for hydroxylation is 1. The number of carbonyl (C=O) groups is 2. The zero-order chi connectivity index (χ0) is 18.1. The third-order valence-corrected chi connectivity index (χ3v) is 4.09. The van der Waals surface area contributed by atoms with Crippen LogP contribution >= 0.6 is 15.9 Å². The molecule has 0 heterocycles. The Balaban J connectivity index is 1.86. The molecule has 0 spiro atoms. The summed E-state index contributed by atoms with van der Waals surface area (Å²) in [7, 11) is 0. The molecule has 2 rings (SSSR count). The molecule has 2 N–H and O–H groups in total. The van der Waals surface area contributed by atoms with Crippen LogP contribution in [0.15, 0.2) is 53.0 Å². The van der Waals surface area contributed by atoms with Gasteiger partial charge in [0.1, 0.15) is 6.42 Å². The quantitative estimate of drug-likeness (QED) is 0.746. The van der Waals surface area contributed by atoms with E-state index >= 15 is 0 Å². The first-order valence-electron chi connectivity index (χ1n) is 7.84. The molecule has 0 aliphatic carbocycles. The molecule has 5 nitrogen and oxygen atoms in total. The van der Waals surface area contributed by atoms with Crippen LogP contribution in [0.3, 0.4) is 0 Å². The molecule has 25 heavy (non-hydrogen) atoms. The molecule has 2 aromatic rings. The summed E-state index contributed by atoms with van der Waals surface area (Å²) in [6, 6.07) is 16.9. The number of nitrogens with zero attached hydrogens (tertiary/aromatic N) is 1. The average molecular weight is 400 g/mol. The second-order valence-electron chi connectivity index (χ2n) is 5.44. The first kappa shape index (κ1) is 18.7. The van der Waals surface area contributed by atoms with Gasteiger partial charge in [-0.05, 0) is 35.7 Å². The van der Waals surface area contributed by atoms with E-state index in [-0.39, 0.29) is 18.2 Å². The monoisotopic (exact) mass is 399 g/mol. The number of amides is 2. The highest BCUT2D eigenvalue weighted by atomic mass is 79.9. The van der Waals surface area contributed by atoms with Crippen molar-refractivity contribution in [3.05, 3.63) is 64.1 Å². The minimum absolute atomic E-state index is 0.0546. The fraction of sp³-hybridized carbons (Fsp3) is 0.211. The molecule has 0 bridgehead atoms. The molecule has 0 atom stereocenters. The van der Waals surface area contributed by atoms with Crippen molar-refractivity contribution in [1.82, 2.24) is 5.32 Å². The van der Waals surface area contributed by atoms with E-state index in [0.29, 0.717) is 25.1 Å². The maximum Gasteiger partial charge on any atom is 0.238 e. The molecule has 0 aliphatic heterocycles. The van der Waals surface area contributed by atoms with Gasteiger partial charge in [0.15, 0.2) is 0 Å². The van der Waals surface area contributed by atoms with Crippen molar-refractivity contribution >= 4 is 33.4 Å². The van der Waals surface area contributed by atoms with Crippen LogP contribution in [0.5, 0.6) is 0 Å². The summed E-state index contributed by atoms with van der Waals surface area (Å²) in [5, 5.41) is 14.1. The molecule has 0 aliphatic rings. The second-order valence-corrected chi connectivity index (χ2v) is 6.36. The van der Waals surface area contributed by atoms with Crippen molar-refractivity contribution in [3.8, 4) is 6.07 Å². The van der Waals surface area contributed by atoms with Gasteiger partial charge in [0.2, 0.25) is 11.8 Å². The van der Waals surface area contributed by atoms with Crippen molar-refractivity contribution in [1.29, 1.82) is 5.26 Å². The van der Waals surface area contributed by atoms with Gasteiger partial charge in [-0.1, -0.05) is 46.3 Å². The zero-order valence-corrected chi connectivity index (χ0v) is 15.2. The first-order valence-corrected chi connectivity index (χ1v) is 8.63. The molecule has 0 aromatic heterocycles. The fourth-order valence-corrected chi connectivity index (χ4v) is 2.52. The Kier molecular flexibility index (Phi) is 7.17. The Morgan fingerprint density at radius 3 is 2.48 bits per heavy atom. The molecule has 2 amide bonds. The lowest BCUT2D eigenvalue weighted by Gasteiger charge is -2.11. The smallest absolute Gasteiger partial charge is 0.238 e. The number of nitrogens with one attached hydrogen (secondary N) is 2. The molecule has 0 radical (unpaired) electrons. The van der Waals surface area contributed by atoms with E-state index in [4.69, 9.17) is 5.26 Å². The Hall–Kier alpha value is -2.65. The topological polar surface area (TPSA) is 82.0 Å². The third-order valence-electron chi connectivity index (χ3n) is 3.56. The third kappa shape index (κ3) is 6.40. The highest BCUT2D eigenvalue weighted by Gasteiger charge is 2.08. The van der Waals surface area contributed by atoms with E-state index in [0.717, 1.165) is 15.6 Å². The van der Waals surface area contributed by atoms with E-state index in [9.17, 15) is 9.59 Å². The predicted molar refractivity (Wildman–Crippen MR) is 99.6 cm³/mol. The molecular formula is C19H18BrN3O2. The molecule has 0 saturated heterocycles. The number of rotatable bonds is 7. The van der Waals surface area contributed by atoms with E-state index in [1.165, 1.54) is 0 Å². The van der Waals surface area contributed by atoms with Gasteiger partial charge in [0.05, 0.1) is 6.07 Å². The number of hydrogen-bond donors (Lipinski definition) is 2. The SMILES string of the molecule is N#CCC(=O)Nc1ccccc1CNC(=O)CCc1ccc(Br)cc1. The summed E-state index contributed by atoms with van der Waals surface area (Å²) in [4.78, 5) is 23.6. The number of benzene rings is 2. The van der Waals surface area contributed by atoms with Crippen LogP contribution in [0.1, 0.15) is 24.0 Å². The number of anilines is 1. The van der Waals surface area contributed by atoms with Crippen LogP contribution in [0, 0.1) is 11.3 Å². The summed E-state index contributed by atoms with van der Waals surface area (Å²) in [6.07, 6.45) is 0.859. The van der Waals surface area contributed by atoms with Crippen LogP contribution in [0.4, 0.5) is 5.69 Å². The lowest BCUT2D eigenvalue weighted by atomic mass is 10.1. The lowest BCUT2D eigenvalue weighted by molar-refractivity contribution is -0.121. The van der Waals surface area contributed by atoms with Gasteiger partial charge in [-0.2, -0.15) is 5.26 Å². The molecule has 128 valence electrons. The normalized spacial score (nSPS) is 9.92. The standard InChI is InChI=1S/C19H18BrN3O2/c20-16-8-5-14(6-9-16)7-10-18(24)22-13-15-3-1-2-4-17(15)23-19(25)11-12-21/h1-6,8-9H,7,10-11,13H2,(H,22,24)(H,23,25). The van der Waals surface area contributed by atoms with Gasteiger partial charge in [0, 0.05) is 23.1 Å². The predicted octanol–water partition coefficient (Wildman–Crippen LogP) is 3.55. The van der Waals surface area contributed by atoms with Gasteiger partial charge in [-0.3, -0.25) is 9.59 Å². The van der Waals surface area contributed by atoms with Crippen LogP contribution in [-0.2, 0) is 22.6 Å². The number of hydrogen-bond acceptors (Lipinski definition) is 3. The van der Waals surface area contributed by atoms with Gasteiger partial charge in [-0.25, -0.2) is 0 Å². The van der Waals surface area contributed by atoms with Crippen molar-refractivity contribution in [2.24, 2.45) is 0 Å². The zero-order valence-electron chi connectivity index (χ0n) is 13.6. The van der Waals surface area contributed by atoms with Crippen LogP contribution < -0.4 is 10.6 Å². The molecule has 0 saturated carbocycles. The molecule has 0 fully saturated rings. The van der Waals surface area contributed by atoms with E-state index in [1.54, 1.807) is 12.1 Å². The largest absolute Gasteiger partial charge is 0.352 e. The first-order chi connectivity index (χ1) is 12.1. The van der Waals surface area contributed by atoms with Crippen LogP contribution in [-0.4, -0.2) is 11.8 Å². The maximum absolute atomic E-state index is 12.0. The molecule has 2 aromatic carbocycles. The van der Waals surface area contributed by atoms with E-state index < -0.39 is 0 Å². The van der Waals surface area contributed by atoms with Gasteiger partial charge < -0.3 is 10.6 Å². The molecule has 0 unspecified atom stereocenters. The second kappa shape index (κ2) is 9.60. The summed E-state index contributed by atoms with van der Waals surface area (Å²) in [5.41, 5.74) is 2.50. The summed E-state index contributed by atoms with van der Waals surface area (Å²) >= 11 is 3.38. The highest BCUT2D eigenvalue weighted by Crippen LogP contribution is 2.15. The Morgan fingerprint density at radius 1 is 1.04 bits per heavy atom. The summed E-state index contributed by atoms with van der Waals surface area (Å²) in [6.45, 7) is 0.322. The van der Waals surface area contributed by atoms with E-state index in [2.05, 4.69) is 26.6 Å². The van der Waals surface area contributed by atoms with Crippen molar-refractivity contribution in [3.63, 3.8) is 0 Å². The summed E-state index contributed by atoms with van der Waals surface area (Å²) in [5.74, 6) is -0.419. The molecular weight excluding hydrogens is 382 g/mol. The maximum atomic E-state index is 12.0. The van der Waals surface area contributed by atoms with Gasteiger partial charge >= 0.3 is 0 Å². The Bertz CT molecular complexity index is 782. The van der Waals surface area contributed by atoms with Crippen molar-refractivity contribution in [2.45, 2.75) is 25.8 Å². The lowest BCUT2D eigenvalue weighted by Crippen LogP contribution is -2.24. The summed E-state index contributed by atoms with van der Waals surface area (Å²) < 4.78 is 1.01. The number of para-hydroxylation sites is 1. The number of halogens is 1. The average Bonchev–Trinajstić information content (AvgIpc) is 2.60. The van der Waals surface area contributed by atoms with Gasteiger partial charge in [-0.15, -0.1) is 0 Å². The van der Waals surface area contributed by atoms with Crippen LogP contribution in [0.2, 0.25) is 0 Å². The minimum atomic E-state index is -0.364. The Labute approximate surface area is 155 Å². The van der Waals surface area contributed by atoms with Gasteiger partial charge in [0.25, 0.3) is 0 Å². The Morgan fingerprint density at radius 2 is 1.76 bits per heavy atom. The van der Waals surface area contributed by atoms with E-state index in [1.807, 2.05) is 42.5 Å².